The molecule has 0 saturated heterocycles. The van der Waals surface area contributed by atoms with Crippen molar-refractivity contribution in [3.8, 4) is 0 Å². The number of rotatable bonds is 1. The SMILES string of the molecule is FC(F)c1cccc2oncc12. The molecule has 0 saturated carbocycles. The van der Waals surface area contributed by atoms with Crippen LogP contribution in [-0.4, -0.2) is 5.16 Å². The molecule has 1 heterocycles. The number of nitrogens with zero attached hydrogens (tertiary/aromatic N) is 1. The van der Waals surface area contributed by atoms with Crippen LogP contribution >= 0.6 is 0 Å². The van der Waals surface area contributed by atoms with E-state index in [1.54, 1.807) is 6.07 Å². The maximum Gasteiger partial charge on any atom is 0.264 e. The Labute approximate surface area is 66.8 Å². The maximum absolute atomic E-state index is 12.3. The largest absolute Gasteiger partial charge is 0.356 e. The average Bonchev–Trinajstić information content (AvgIpc) is 2.49. The first-order valence-electron chi connectivity index (χ1n) is 3.40. The zero-order chi connectivity index (χ0) is 8.55. The molecule has 62 valence electrons. The van der Waals surface area contributed by atoms with Crippen LogP contribution in [0.15, 0.2) is 28.9 Å². The highest BCUT2D eigenvalue weighted by Gasteiger charge is 2.12. The van der Waals surface area contributed by atoms with Gasteiger partial charge < -0.3 is 4.52 Å². The molecule has 0 N–H and O–H groups in total. The molecule has 0 aliphatic rings. The van der Waals surface area contributed by atoms with Crippen molar-refractivity contribution in [3.63, 3.8) is 0 Å². The van der Waals surface area contributed by atoms with E-state index < -0.39 is 6.43 Å². The summed E-state index contributed by atoms with van der Waals surface area (Å²) in [6, 6.07) is 4.49. The number of hydrogen-bond acceptors (Lipinski definition) is 2. The second-order valence-corrected chi connectivity index (χ2v) is 2.39. The van der Waals surface area contributed by atoms with Gasteiger partial charge in [0.2, 0.25) is 0 Å². The zero-order valence-electron chi connectivity index (χ0n) is 6.00. The topological polar surface area (TPSA) is 26.0 Å². The standard InChI is InChI=1S/C8H5F2NO/c9-8(10)5-2-1-3-7-6(5)4-11-12-7/h1-4,8H. The van der Waals surface area contributed by atoms with Crippen LogP contribution in [0.2, 0.25) is 0 Å². The molecule has 0 spiro atoms. The molecule has 0 aliphatic heterocycles. The number of alkyl halides is 2. The molecule has 0 radical (unpaired) electrons. The number of halogens is 2. The van der Waals surface area contributed by atoms with Crippen LogP contribution in [0.4, 0.5) is 8.78 Å². The molecular weight excluding hydrogens is 164 g/mol. The molecule has 0 fully saturated rings. The molecular formula is C8H5F2NO. The van der Waals surface area contributed by atoms with Crippen molar-refractivity contribution < 1.29 is 13.3 Å². The van der Waals surface area contributed by atoms with Gasteiger partial charge >= 0.3 is 0 Å². The predicted octanol–water partition coefficient (Wildman–Crippen LogP) is 2.77. The normalized spacial score (nSPS) is 11.2. The Kier molecular flexibility index (Phi) is 1.53. The monoisotopic (exact) mass is 169 g/mol. The van der Waals surface area contributed by atoms with E-state index in [2.05, 4.69) is 5.16 Å². The van der Waals surface area contributed by atoms with E-state index in [1.807, 2.05) is 0 Å². The highest BCUT2D eigenvalue weighted by Crippen LogP contribution is 2.26. The van der Waals surface area contributed by atoms with Crippen LogP contribution in [0, 0.1) is 0 Å². The van der Waals surface area contributed by atoms with Crippen LogP contribution in [0.3, 0.4) is 0 Å². The van der Waals surface area contributed by atoms with Gasteiger partial charge in [0, 0.05) is 5.56 Å². The van der Waals surface area contributed by atoms with E-state index in [-0.39, 0.29) is 5.56 Å². The Hall–Kier alpha value is -1.45. The number of aromatic nitrogens is 1. The second kappa shape index (κ2) is 2.55. The van der Waals surface area contributed by atoms with Gasteiger partial charge in [-0.05, 0) is 6.07 Å². The minimum atomic E-state index is -2.48. The minimum absolute atomic E-state index is 0.0336. The fourth-order valence-corrected chi connectivity index (χ4v) is 1.10. The first kappa shape index (κ1) is 7.21. The van der Waals surface area contributed by atoms with Crippen LogP contribution in [0.5, 0.6) is 0 Å². The molecule has 2 nitrogen and oxygen atoms in total. The molecule has 0 amide bonds. The molecule has 2 rings (SSSR count). The van der Waals surface area contributed by atoms with Crippen molar-refractivity contribution in [2.45, 2.75) is 6.43 Å². The van der Waals surface area contributed by atoms with Gasteiger partial charge in [0.15, 0.2) is 5.58 Å². The summed E-state index contributed by atoms with van der Waals surface area (Å²) < 4.78 is 29.3. The summed E-state index contributed by atoms with van der Waals surface area (Å²) >= 11 is 0. The van der Waals surface area contributed by atoms with Crippen molar-refractivity contribution >= 4 is 11.0 Å². The lowest BCUT2D eigenvalue weighted by atomic mass is 10.1. The smallest absolute Gasteiger partial charge is 0.264 e. The Morgan fingerprint density at radius 1 is 1.33 bits per heavy atom. The molecule has 0 aliphatic carbocycles. The summed E-state index contributed by atoms with van der Waals surface area (Å²) in [5.74, 6) is 0. The molecule has 0 bridgehead atoms. The third-order valence-corrected chi connectivity index (χ3v) is 1.67. The summed E-state index contributed by atoms with van der Waals surface area (Å²) in [5, 5.41) is 3.82. The molecule has 0 unspecified atom stereocenters. The van der Waals surface area contributed by atoms with E-state index in [9.17, 15) is 8.78 Å². The lowest BCUT2D eigenvalue weighted by molar-refractivity contribution is 0.153. The van der Waals surface area contributed by atoms with Crippen LogP contribution in [0.25, 0.3) is 11.0 Å². The lowest BCUT2D eigenvalue weighted by Gasteiger charge is -1.97. The Balaban J connectivity index is 2.73. The summed E-state index contributed by atoms with van der Waals surface area (Å²) in [5.41, 5.74) is 0.363. The molecule has 0 atom stereocenters. The van der Waals surface area contributed by atoms with Gasteiger partial charge in [-0.2, -0.15) is 0 Å². The number of fused-ring (bicyclic) bond motifs is 1. The summed E-state index contributed by atoms with van der Waals surface area (Å²) in [4.78, 5) is 0. The van der Waals surface area contributed by atoms with Crippen molar-refractivity contribution in [1.29, 1.82) is 0 Å². The molecule has 2 aromatic rings. The average molecular weight is 169 g/mol. The lowest BCUT2D eigenvalue weighted by Crippen LogP contribution is -1.83. The van der Waals surface area contributed by atoms with Gasteiger partial charge in [0.05, 0.1) is 11.6 Å². The Morgan fingerprint density at radius 3 is 2.92 bits per heavy atom. The highest BCUT2D eigenvalue weighted by molar-refractivity contribution is 5.79. The van der Waals surface area contributed by atoms with E-state index in [0.29, 0.717) is 11.0 Å². The van der Waals surface area contributed by atoms with Crippen LogP contribution in [-0.2, 0) is 0 Å². The van der Waals surface area contributed by atoms with Gasteiger partial charge in [-0.25, -0.2) is 8.78 Å². The first-order chi connectivity index (χ1) is 5.79. The number of benzene rings is 1. The van der Waals surface area contributed by atoms with E-state index in [1.165, 1.54) is 18.3 Å². The quantitative estimate of drug-likeness (QED) is 0.656. The van der Waals surface area contributed by atoms with E-state index in [4.69, 9.17) is 4.52 Å². The van der Waals surface area contributed by atoms with Gasteiger partial charge in [0.1, 0.15) is 0 Å². The third kappa shape index (κ3) is 0.958. The van der Waals surface area contributed by atoms with E-state index >= 15 is 0 Å². The van der Waals surface area contributed by atoms with Gasteiger partial charge in [-0.1, -0.05) is 17.3 Å². The molecule has 1 aromatic carbocycles. The fourth-order valence-electron chi connectivity index (χ4n) is 1.10. The zero-order valence-corrected chi connectivity index (χ0v) is 6.00. The molecule has 4 heteroatoms. The van der Waals surface area contributed by atoms with Gasteiger partial charge in [-0.3, -0.25) is 0 Å². The Morgan fingerprint density at radius 2 is 2.17 bits per heavy atom. The van der Waals surface area contributed by atoms with Crippen molar-refractivity contribution in [2.24, 2.45) is 0 Å². The van der Waals surface area contributed by atoms with Crippen molar-refractivity contribution in [3.05, 3.63) is 30.0 Å². The van der Waals surface area contributed by atoms with E-state index in [0.717, 1.165) is 0 Å². The third-order valence-electron chi connectivity index (χ3n) is 1.67. The van der Waals surface area contributed by atoms with Crippen LogP contribution in [0.1, 0.15) is 12.0 Å². The van der Waals surface area contributed by atoms with Gasteiger partial charge in [-0.15, -0.1) is 0 Å². The Bertz CT molecular complexity index is 397. The van der Waals surface area contributed by atoms with Crippen molar-refractivity contribution in [1.82, 2.24) is 5.16 Å². The summed E-state index contributed by atoms with van der Waals surface area (Å²) in [7, 11) is 0. The fraction of sp³-hybridized carbons (Fsp3) is 0.125. The first-order valence-corrected chi connectivity index (χ1v) is 3.40. The summed E-state index contributed by atoms with van der Waals surface area (Å²) in [6.07, 6.45) is -1.18. The van der Waals surface area contributed by atoms with Crippen LogP contribution < -0.4 is 0 Å². The molecule has 12 heavy (non-hydrogen) atoms. The second-order valence-electron chi connectivity index (χ2n) is 2.39. The molecule has 1 aromatic heterocycles. The predicted molar refractivity (Wildman–Crippen MR) is 39.0 cm³/mol. The summed E-state index contributed by atoms with van der Waals surface area (Å²) in [6.45, 7) is 0. The highest BCUT2D eigenvalue weighted by atomic mass is 19.3. The minimum Gasteiger partial charge on any atom is -0.356 e. The van der Waals surface area contributed by atoms with Gasteiger partial charge in [0.25, 0.3) is 6.43 Å². The number of hydrogen-bond donors (Lipinski definition) is 0. The maximum atomic E-state index is 12.3. The van der Waals surface area contributed by atoms with Crippen molar-refractivity contribution in [2.75, 3.05) is 0 Å².